The molecule has 0 aliphatic carbocycles. The van der Waals surface area contributed by atoms with Crippen LogP contribution in [0.3, 0.4) is 0 Å². The van der Waals surface area contributed by atoms with E-state index in [1.807, 2.05) is 6.92 Å². The van der Waals surface area contributed by atoms with Gasteiger partial charge in [0.2, 0.25) is 0 Å². The van der Waals surface area contributed by atoms with Gasteiger partial charge in [0.25, 0.3) is 5.91 Å². The monoisotopic (exact) mass is 314 g/mol. The van der Waals surface area contributed by atoms with Crippen molar-refractivity contribution in [3.63, 3.8) is 0 Å². The highest BCUT2D eigenvalue weighted by molar-refractivity contribution is 6.07. The summed E-state index contributed by atoms with van der Waals surface area (Å²) in [6.07, 6.45) is 1.48. The summed E-state index contributed by atoms with van der Waals surface area (Å²) in [5.74, 6) is -1.21. The van der Waals surface area contributed by atoms with Gasteiger partial charge in [0, 0.05) is 15.9 Å². The Morgan fingerprint density at radius 2 is 2.13 bits per heavy atom. The van der Waals surface area contributed by atoms with Crippen LogP contribution in [-0.4, -0.2) is 25.6 Å². The molecular weight excluding hydrogens is 294 g/mol. The fourth-order valence-electron chi connectivity index (χ4n) is 2.72. The number of nitrogen functional groups attached to an aromatic ring is 1. The molecule has 0 spiro atoms. The Kier molecular flexibility index (Phi) is 2.48. The summed E-state index contributed by atoms with van der Waals surface area (Å²) >= 11 is 0. The van der Waals surface area contributed by atoms with Gasteiger partial charge in [-0.25, -0.2) is 9.50 Å². The molecular formula is C16H17N5O2. The lowest BCUT2D eigenvalue weighted by atomic mass is 9.93. The van der Waals surface area contributed by atoms with Gasteiger partial charge in [-0.05, 0) is 43.5 Å². The number of aromatic hydroxyl groups is 1. The van der Waals surface area contributed by atoms with Gasteiger partial charge in [-0.1, -0.05) is 6.07 Å². The number of aromatic nitrogens is 3. The number of carbonyl (C=O) groups excluding carboxylic acids is 1. The topological polar surface area (TPSA) is 120 Å². The van der Waals surface area contributed by atoms with E-state index in [4.69, 9.17) is 15.6 Å². The molecule has 2 heterocycles. The van der Waals surface area contributed by atoms with Crippen LogP contribution in [-0.2, 0) is 0 Å². The number of carbonyl (C=O) groups is 1. The van der Waals surface area contributed by atoms with Gasteiger partial charge in [-0.2, -0.15) is 5.10 Å². The lowest BCUT2D eigenvalue weighted by molar-refractivity contribution is 0.100. The lowest BCUT2D eigenvalue weighted by Crippen LogP contribution is -2.16. The number of anilines is 1. The van der Waals surface area contributed by atoms with E-state index in [1.165, 1.54) is 10.7 Å². The van der Waals surface area contributed by atoms with Gasteiger partial charge in [0.05, 0.1) is 5.69 Å². The van der Waals surface area contributed by atoms with E-state index in [9.17, 15) is 9.90 Å². The molecule has 0 saturated carbocycles. The van der Waals surface area contributed by atoms with Crippen molar-refractivity contribution in [3.05, 3.63) is 40.8 Å². The zero-order chi connectivity index (χ0) is 19.4. The SMILES string of the molecule is [2H]C([2H])([2H])c1nc2c(C(N)=O)c(N)c(-c3c(C)ccc(O)c3C)cn2n1. The molecule has 3 rings (SSSR count). The van der Waals surface area contributed by atoms with E-state index in [2.05, 4.69) is 10.1 Å². The fourth-order valence-corrected chi connectivity index (χ4v) is 2.72. The Hall–Kier alpha value is -3.09. The third-order valence-electron chi connectivity index (χ3n) is 3.83. The number of primary amides is 1. The van der Waals surface area contributed by atoms with Crippen molar-refractivity contribution in [3.8, 4) is 16.9 Å². The molecule has 7 nitrogen and oxygen atoms in total. The van der Waals surface area contributed by atoms with Gasteiger partial charge >= 0.3 is 0 Å². The first-order chi connectivity index (χ1) is 12.0. The van der Waals surface area contributed by atoms with E-state index >= 15 is 0 Å². The quantitative estimate of drug-likeness (QED) is 0.665. The highest BCUT2D eigenvalue weighted by Crippen LogP contribution is 2.37. The molecule has 0 saturated heterocycles. The maximum atomic E-state index is 12.0. The van der Waals surface area contributed by atoms with Crippen LogP contribution in [0.1, 0.15) is 31.4 Å². The second-order valence-electron chi connectivity index (χ2n) is 5.30. The Morgan fingerprint density at radius 1 is 1.39 bits per heavy atom. The Bertz CT molecular complexity index is 1060. The largest absolute Gasteiger partial charge is 0.508 e. The molecule has 118 valence electrons. The Labute approximate surface area is 136 Å². The molecule has 0 radical (unpaired) electrons. The first kappa shape index (κ1) is 11.5. The van der Waals surface area contributed by atoms with Gasteiger partial charge in [0.15, 0.2) is 5.65 Å². The van der Waals surface area contributed by atoms with Gasteiger partial charge < -0.3 is 16.6 Å². The maximum Gasteiger partial charge on any atom is 0.254 e. The Balaban J connectivity index is 2.44. The zero-order valence-electron chi connectivity index (χ0n) is 15.6. The van der Waals surface area contributed by atoms with Crippen molar-refractivity contribution in [1.29, 1.82) is 0 Å². The van der Waals surface area contributed by atoms with Crippen LogP contribution in [0.4, 0.5) is 5.69 Å². The van der Waals surface area contributed by atoms with Crippen LogP contribution in [0, 0.1) is 20.7 Å². The summed E-state index contributed by atoms with van der Waals surface area (Å²) in [7, 11) is 0. The minimum Gasteiger partial charge on any atom is -0.508 e. The number of aryl methyl sites for hydroxylation is 2. The van der Waals surface area contributed by atoms with Crippen LogP contribution >= 0.6 is 0 Å². The number of rotatable bonds is 2. The molecule has 23 heavy (non-hydrogen) atoms. The predicted molar refractivity (Wildman–Crippen MR) is 87.2 cm³/mol. The first-order valence-corrected chi connectivity index (χ1v) is 6.81. The number of phenolic OH excluding ortho intramolecular Hbond substituents is 1. The summed E-state index contributed by atoms with van der Waals surface area (Å²) in [6.45, 7) is 0.984. The maximum absolute atomic E-state index is 12.0. The molecule has 1 amide bonds. The second-order valence-corrected chi connectivity index (χ2v) is 5.30. The van der Waals surface area contributed by atoms with Crippen molar-refractivity contribution < 1.29 is 14.0 Å². The molecule has 0 unspecified atom stereocenters. The molecule has 5 N–H and O–H groups in total. The molecule has 1 aromatic carbocycles. The molecule has 0 atom stereocenters. The van der Waals surface area contributed by atoms with Gasteiger partial charge in [-0.15, -0.1) is 0 Å². The lowest BCUT2D eigenvalue weighted by Gasteiger charge is -2.15. The van der Waals surface area contributed by atoms with Crippen molar-refractivity contribution in [2.75, 3.05) is 5.73 Å². The molecule has 0 bridgehead atoms. The normalized spacial score (nSPS) is 13.6. The number of nitrogens with two attached hydrogens (primary N) is 2. The first-order valence-electron chi connectivity index (χ1n) is 8.31. The number of phenols is 1. The van der Waals surface area contributed by atoms with Crippen LogP contribution < -0.4 is 11.5 Å². The highest BCUT2D eigenvalue weighted by Gasteiger charge is 2.21. The molecule has 7 heteroatoms. The van der Waals surface area contributed by atoms with Crippen LogP contribution in [0.25, 0.3) is 16.8 Å². The number of hydrogen-bond acceptors (Lipinski definition) is 5. The fraction of sp³-hybridized carbons (Fsp3) is 0.188. The number of fused-ring (bicyclic) bond motifs is 1. The highest BCUT2D eigenvalue weighted by atomic mass is 16.3. The van der Waals surface area contributed by atoms with Crippen molar-refractivity contribution in [2.45, 2.75) is 20.7 Å². The number of pyridine rings is 1. The summed E-state index contributed by atoms with van der Waals surface area (Å²) in [4.78, 5) is 15.9. The summed E-state index contributed by atoms with van der Waals surface area (Å²) < 4.78 is 23.6. The Morgan fingerprint density at radius 3 is 2.78 bits per heavy atom. The van der Waals surface area contributed by atoms with Gasteiger partial charge in [0.1, 0.15) is 17.1 Å². The molecule has 0 aliphatic heterocycles. The average Bonchev–Trinajstić information content (AvgIpc) is 2.95. The molecule has 0 aliphatic rings. The predicted octanol–water partition coefficient (Wildman–Crippen LogP) is 1.71. The summed E-state index contributed by atoms with van der Waals surface area (Å²) in [6, 6.07) is 3.26. The smallest absolute Gasteiger partial charge is 0.254 e. The van der Waals surface area contributed by atoms with Crippen LogP contribution in [0.2, 0.25) is 0 Å². The minimum atomic E-state index is -2.55. The van der Waals surface area contributed by atoms with E-state index < -0.39 is 18.6 Å². The summed E-state index contributed by atoms with van der Waals surface area (Å²) in [5, 5.41) is 14.0. The standard InChI is InChI=1S/C16H17N5O2/c1-7-4-5-11(22)8(2)12(7)10-6-21-16(19-9(3)20-21)13(14(10)17)15(18)23/h4-6,22H,17H2,1-3H3,(H2,18,23)/i3D3. The third-order valence-corrected chi connectivity index (χ3v) is 3.83. The van der Waals surface area contributed by atoms with Crippen molar-refractivity contribution in [1.82, 2.24) is 14.6 Å². The average molecular weight is 314 g/mol. The van der Waals surface area contributed by atoms with E-state index in [0.29, 0.717) is 16.7 Å². The molecule has 2 aromatic heterocycles. The van der Waals surface area contributed by atoms with Gasteiger partial charge in [-0.3, -0.25) is 4.79 Å². The molecule has 3 aromatic rings. The third kappa shape index (κ3) is 2.17. The number of benzene rings is 1. The second kappa shape index (κ2) is 4.98. The van der Waals surface area contributed by atoms with Crippen molar-refractivity contribution >= 4 is 17.2 Å². The van der Waals surface area contributed by atoms with Crippen LogP contribution in [0.5, 0.6) is 5.75 Å². The van der Waals surface area contributed by atoms with Crippen LogP contribution in [0.15, 0.2) is 18.3 Å². The van der Waals surface area contributed by atoms with E-state index in [-0.39, 0.29) is 22.6 Å². The number of nitrogens with zero attached hydrogens (tertiary/aromatic N) is 3. The summed E-state index contributed by atoms with van der Waals surface area (Å²) in [5.41, 5.74) is 13.9. The number of amides is 1. The van der Waals surface area contributed by atoms with E-state index in [1.54, 1.807) is 19.1 Å². The van der Waals surface area contributed by atoms with Crippen molar-refractivity contribution in [2.24, 2.45) is 5.73 Å². The number of hydrogen-bond donors (Lipinski definition) is 3. The minimum absolute atomic E-state index is 0.0275. The zero-order valence-corrected chi connectivity index (χ0v) is 12.6. The molecule has 0 fully saturated rings. The van der Waals surface area contributed by atoms with E-state index in [0.717, 1.165) is 5.56 Å².